The third-order valence-electron chi connectivity index (χ3n) is 5.14. The van der Waals surface area contributed by atoms with Crippen LogP contribution in [0.15, 0.2) is 42.5 Å². The average Bonchev–Trinajstić information content (AvgIpc) is 3.51. The van der Waals surface area contributed by atoms with Crippen molar-refractivity contribution in [3.05, 3.63) is 64.7 Å². The molecule has 0 radical (unpaired) electrons. The third kappa shape index (κ3) is 6.26. The highest BCUT2D eigenvalue weighted by atomic mass is 16.6. The number of carboxylic acid groups (broad SMARTS) is 1. The Kier molecular flexibility index (Phi) is 8.02. The molecule has 0 amide bonds. The molecule has 0 spiro atoms. The average molecular weight is 430 g/mol. The van der Waals surface area contributed by atoms with Gasteiger partial charge in [-0.2, -0.15) is 0 Å². The van der Waals surface area contributed by atoms with Gasteiger partial charge in [-0.25, -0.2) is 4.79 Å². The zero-order valence-electron chi connectivity index (χ0n) is 16.9. The molecule has 1 aliphatic heterocycles. The van der Waals surface area contributed by atoms with E-state index in [9.17, 15) is 19.9 Å². The molecule has 2 aromatic carbocycles. The van der Waals surface area contributed by atoms with Crippen LogP contribution in [-0.4, -0.2) is 63.8 Å². The molecule has 0 bridgehead atoms. The fourth-order valence-electron chi connectivity index (χ4n) is 3.44. The number of hydrogen-bond donors (Lipinski definition) is 7. The van der Waals surface area contributed by atoms with Crippen LogP contribution in [0.4, 0.5) is 0 Å². The Labute approximate surface area is 180 Å². The molecule has 10 heteroatoms. The number of para-hydroxylation sites is 1. The van der Waals surface area contributed by atoms with E-state index in [0.717, 1.165) is 17.7 Å². The van der Waals surface area contributed by atoms with Crippen molar-refractivity contribution < 1.29 is 34.9 Å². The van der Waals surface area contributed by atoms with E-state index < -0.39 is 31.0 Å². The molecule has 3 unspecified atom stereocenters. The second-order valence-corrected chi connectivity index (χ2v) is 7.49. The first-order chi connectivity index (χ1) is 14.9. The molecule has 1 heterocycles. The number of carboxylic acids is 1. The Morgan fingerprint density at radius 1 is 1.19 bits per heavy atom. The van der Waals surface area contributed by atoms with Gasteiger partial charge in [0.2, 0.25) is 0 Å². The summed E-state index contributed by atoms with van der Waals surface area (Å²) < 4.78 is 5.67. The molecule has 0 aromatic heterocycles. The summed E-state index contributed by atoms with van der Waals surface area (Å²) in [5, 5.41) is 54.0. The Morgan fingerprint density at radius 3 is 2.68 bits per heavy atom. The fraction of sp³-hybridized carbons (Fsp3) is 0.381. The van der Waals surface area contributed by atoms with E-state index in [1.807, 2.05) is 24.3 Å². The number of rotatable bonds is 12. The lowest BCUT2D eigenvalue weighted by atomic mass is 9.75. The van der Waals surface area contributed by atoms with Crippen LogP contribution in [0.25, 0.3) is 0 Å². The van der Waals surface area contributed by atoms with Crippen molar-refractivity contribution in [2.24, 2.45) is 0 Å². The first kappa shape index (κ1) is 23.2. The third-order valence-corrected chi connectivity index (χ3v) is 5.14. The number of nitrogens with one attached hydrogen (secondary N) is 2. The van der Waals surface area contributed by atoms with Gasteiger partial charge in [0.05, 0.1) is 0 Å². The zero-order chi connectivity index (χ0) is 22.4. The van der Waals surface area contributed by atoms with E-state index in [-0.39, 0.29) is 24.7 Å². The Hall–Kier alpha value is -2.47. The lowest BCUT2D eigenvalue weighted by Crippen LogP contribution is -2.46. The summed E-state index contributed by atoms with van der Waals surface area (Å²) >= 11 is 0. The van der Waals surface area contributed by atoms with Crippen LogP contribution in [0.2, 0.25) is 0 Å². The predicted molar refractivity (Wildman–Crippen MR) is 113 cm³/mol. The van der Waals surface area contributed by atoms with Gasteiger partial charge < -0.3 is 35.4 Å². The Bertz CT molecular complexity index is 896. The lowest BCUT2D eigenvalue weighted by molar-refractivity contribution is 0.0693. The first-order valence-electron chi connectivity index (χ1n) is 10.1. The molecular formula is C21H27BN2O7. The monoisotopic (exact) mass is 430 g/mol. The number of hydrogen-bond acceptors (Lipinski definition) is 8. The van der Waals surface area contributed by atoms with Gasteiger partial charge in [0.25, 0.3) is 0 Å². The first-order valence-corrected chi connectivity index (χ1v) is 10.1. The minimum atomic E-state index is -1.74. The largest absolute Gasteiger partial charge is 0.507 e. The minimum absolute atomic E-state index is 0.00597. The van der Waals surface area contributed by atoms with Crippen molar-refractivity contribution in [3.8, 4) is 5.75 Å². The molecule has 1 fully saturated rings. The predicted octanol–water partition coefficient (Wildman–Crippen LogP) is 0.173. The maximum absolute atomic E-state index is 11.2. The molecule has 0 saturated carbocycles. The Morgan fingerprint density at radius 2 is 1.97 bits per heavy atom. The van der Waals surface area contributed by atoms with Crippen molar-refractivity contribution >= 4 is 13.1 Å². The molecule has 31 heavy (non-hydrogen) atoms. The summed E-state index contributed by atoms with van der Waals surface area (Å²) in [6.45, 7) is 1.53. The molecule has 1 saturated heterocycles. The number of carbonyl (C=O) groups is 1. The molecule has 0 aliphatic carbocycles. The molecule has 7 N–H and O–H groups in total. The highest BCUT2D eigenvalue weighted by Gasteiger charge is 2.43. The van der Waals surface area contributed by atoms with Crippen molar-refractivity contribution in [3.63, 3.8) is 0 Å². The van der Waals surface area contributed by atoms with Crippen LogP contribution in [0.1, 0.15) is 39.6 Å². The topological polar surface area (TPSA) is 155 Å². The number of benzene rings is 2. The highest BCUT2D eigenvalue weighted by molar-refractivity contribution is 6.43. The fourth-order valence-corrected chi connectivity index (χ4v) is 3.44. The number of aliphatic hydroxyl groups is 1. The van der Waals surface area contributed by atoms with Crippen LogP contribution in [0.5, 0.6) is 5.75 Å². The summed E-state index contributed by atoms with van der Waals surface area (Å²) in [6, 6.07) is 12.2. The summed E-state index contributed by atoms with van der Waals surface area (Å²) in [5.74, 6) is -2.52. The molecule has 9 nitrogen and oxygen atoms in total. The zero-order valence-corrected chi connectivity index (χ0v) is 16.9. The van der Waals surface area contributed by atoms with Gasteiger partial charge in [-0.05, 0) is 42.1 Å². The van der Waals surface area contributed by atoms with Crippen LogP contribution in [0, 0.1) is 0 Å². The van der Waals surface area contributed by atoms with E-state index in [2.05, 4.69) is 10.6 Å². The standard InChI is InChI=1S/C21H27BN2O7/c25-9-3-8-23-12-13-4-1-6-15(10-13)19-20(31-19)24-17(22(29)30)11-14-5-2-7-16(18(14)26)21(27)28/h1-2,4-7,10,17,19-20,23-26,29-30H,3,8-9,11-12H2,(H,27,28). The summed E-state index contributed by atoms with van der Waals surface area (Å²) in [5.41, 5.74) is 2.06. The molecule has 166 valence electrons. The Balaban J connectivity index is 1.61. The van der Waals surface area contributed by atoms with Gasteiger partial charge in [-0.3, -0.25) is 5.32 Å². The van der Waals surface area contributed by atoms with Crippen LogP contribution >= 0.6 is 0 Å². The maximum atomic E-state index is 11.2. The van der Waals surface area contributed by atoms with Crippen LogP contribution < -0.4 is 10.6 Å². The lowest BCUT2D eigenvalue weighted by Gasteiger charge is -2.18. The molecule has 3 atom stereocenters. The minimum Gasteiger partial charge on any atom is -0.507 e. The van der Waals surface area contributed by atoms with Gasteiger partial charge in [-0.1, -0.05) is 36.4 Å². The number of epoxide rings is 1. The second kappa shape index (κ2) is 10.7. The van der Waals surface area contributed by atoms with E-state index in [4.69, 9.17) is 14.9 Å². The van der Waals surface area contributed by atoms with Gasteiger partial charge in [0.15, 0.2) is 0 Å². The summed E-state index contributed by atoms with van der Waals surface area (Å²) in [4.78, 5) is 11.2. The smallest absolute Gasteiger partial charge is 0.470 e. The number of ether oxygens (including phenoxy) is 1. The summed E-state index contributed by atoms with van der Waals surface area (Å²) in [7, 11) is -1.74. The quantitative estimate of drug-likeness (QED) is 0.142. The van der Waals surface area contributed by atoms with E-state index >= 15 is 0 Å². The summed E-state index contributed by atoms with van der Waals surface area (Å²) in [6.07, 6.45) is 0.00553. The van der Waals surface area contributed by atoms with Crippen molar-refractivity contribution in [2.75, 3.05) is 13.2 Å². The van der Waals surface area contributed by atoms with Gasteiger partial charge >= 0.3 is 13.1 Å². The van der Waals surface area contributed by atoms with Gasteiger partial charge in [0, 0.05) is 19.1 Å². The molecule has 1 aliphatic rings. The number of phenols is 1. The van der Waals surface area contributed by atoms with Crippen LogP contribution in [-0.2, 0) is 17.7 Å². The van der Waals surface area contributed by atoms with Crippen molar-refractivity contribution in [1.82, 2.24) is 10.6 Å². The van der Waals surface area contributed by atoms with E-state index in [1.54, 1.807) is 0 Å². The molecule has 2 aromatic rings. The maximum Gasteiger partial charge on any atom is 0.470 e. The number of aromatic carboxylic acids is 1. The van der Waals surface area contributed by atoms with Crippen LogP contribution in [0.3, 0.4) is 0 Å². The van der Waals surface area contributed by atoms with Gasteiger partial charge in [-0.15, -0.1) is 0 Å². The number of aliphatic hydroxyl groups excluding tert-OH is 1. The SMILES string of the molecule is O=C(O)c1cccc(CC(NC2OC2c2cccc(CNCCCO)c2)B(O)O)c1O. The normalized spacial score (nSPS) is 18.5. The highest BCUT2D eigenvalue weighted by Crippen LogP contribution is 2.37. The second-order valence-electron chi connectivity index (χ2n) is 7.49. The van der Waals surface area contributed by atoms with Crippen molar-refractivity contribution in [1.29, 1.82) is 0 Å². The molecular weight excluding hydrogens is 403 g/mol. The van der Waals surface area contributed by atoms with E-state index in [0.29, 0.717) is 18.5 Å². The van der Waals surface area contributed by atoms with E-state index in [1.165, 1.54) is 18.2 Å². The van der Waals surface area contributed by atoms with Crippen molar-refractivity contribution in [2.45, 2.75) is 37.7 Å². The molecule has 3 rings (SSSR count). The van der Waals surface area contributed by atoms with Gasteiger partial charge in [0.1, 0.15) is 23.6 Å². The number of aromatic hydroxyl groups is 1.